The molecule has 1 N–H and O–H groups in total. The van der Waals surface area contributed by atoms with Crippen LogP contribution >= 0.6 is 23.2 Å². The zero-order valence-electron chi connectivity index (χ0n) is 21.2. The van der Waals surface area contributed by atoms with Gasteiger partial charge in [0.1, 0.15) is 6.10 Å². The number of pyridine rings is 1. The van der Waals surface area contributed by atoms with Crippen LogP contribution in [0.5, 0.6) is 11.5 Å². The summed E-state index contributed by atoms with van der Waals surface area (Å²) in [6.07, 6.45) is 0.115. The van der Waals surface area contributed by atoms with Crippen molar-refractivity contribution in [2.75, 3.05) is 7.11 Å². The molecule has 3 rings (SSSR count). The molecule has 0 amide bonds. The summed E-state index contributed by atoms with van der Waals surface area (Å²) in [5, 5.41) is 23.6. The molecule has 3 aromatic rings. The number of ketones is 1. The lowest BCUT2D eigenvalue weighted by atomic mass is 9.85. The number of rotatable bonds is 9. The standard InChI is InChI=1S/C28H29Cl2NO6/c1-15-12-19(6-8-21(15)29)25(20-7-9-22(30)16(2)13-20)18(4)37-28(34)17(3)14-23(32)26-27(33)24(36-5)10-11-31(26)35/h6-13,17-18,25,33H,14H2,1-5H3/t17-,18+/m1/s1. The highest BCUT2D eigenvalue weighted by molar-refractivity contribution is 6.31. The van der Waals surface area contributed by atoms with Gasteiger partial charge in [0, 0.05) is 28.5 Å². The minimum Gasteiger partial charge on any atom is -0.618 e. The van der Waals surface area contributed by atoms with Crippen molar-refractivity contribution in [3.63, 3.8) is 0 Å². The predicted molar refractivity (Wildman–Crippen MR) is 142 cm³/mol. The zero-order valence-corrected chi connectivity index (χ0v) is 22.8. The van der Waals surface area contributed by atoms with Crippen molar-refractivity contribution < 1.29 is 28.9 Å². The predicted octanol–water partition coefficient (Wildman–Crippen LogP) is 5.93. The smallest absolute Gasteiger partial charge is 0.309 e. The molecule has 2 aromatic carbocycles. The molecule has 37 heavy (non-hydrogen) atoms. The Kier molecular flexibility index (Phi) is 9.05. The number of aromatic hydroxyl groups is 1. The molecule has 196 valence electrons. The van der Waals surface area contributed by atoms with Gasteiger partial charge in [-0.05, 0) is 55.2 Å². The zero-order chi connectivity index (χ0) is 27.4. The monoisotopic (exact) mass is 545 g/mol. The van der Waals surface area contributed by atoms with Crippen molar-refractivity contribution in [1.29, 1.82) is 0 Å². The first kappa shape index (κ1) is 28.3. The van der Waals surface area contributed by atoms with Crippen LogP contribution in [0.2, 0.25) is 10.0 Å². The molecule has 0 saturated heterocycles. The topological polar surface area (TPSA) is 99.8 Å². The number of methoxy groups -OCH3 is 1. The molecule has 0 bridgehead atoms. The molecule has 7 nitrogen and oxygen atoms in total. The van der Waals surface area contributed by atoms with E-state index in [1.165, 1.54) is 20.1 Å². The van der Waals surface area contributed by atoms with Crippen LogP contribution in [-0.4, -0.2) is 30.1 Å². The fraction of sp³-hybridized carbons (Fsp3) is 0.321. The van der Waals surface area contributed by atoms with Gasteiger partial charge in [-0.3, -0.25) is 9.59 Å². The molecule has 1 aromatic heterocycles. The number of aromatic nitrogens is 1. The maximum atomic E-state index is 13.0. The Morgan fingerprint density at radius 1 is 1.00 bits per heavy atom. The van der Waals surface area contributed by atoms with Gasteiger partial charge in [-0.15, -0.1) is 0 Å². The molecule has 0 aliphatic rings. The number of Topliss-reactive ketones (excluding diaryl/α,β-unsaturated/α-hetero) is 1. The van der Waals surface area contributed by atoms with Gasteiger partial charge in [0.2, 0.25) is 11.5 Å². The Morgan fingerprint density at radius 2 is 1.54 bits per heavy atom. The lowest BCUT2D eigenvalue weighted by Crippen LogP contribution is -2.35. The van der Waals surface area contributed by atoms with E-state index in [-0.39, 0.29) is 22.8 Å². The van der Waals surface area contributed by atoms with Crippen LogP contribution in [0.25, 0.3) is 0 Å². The Bertz CT molecular complexity index is 1270. The first-order valence-corrected chi connectivity index (χ1v) is 12.4. The van der Waals surface area contributed by atoms with E-state index in [2.05, 4.69) is 0 Å². The van der Waals surface area contributed by atoms with E-state index < -0.39 is 35.2 Å². The maximum absolute atomic E-state index is 13.0. The highest BCUT2D eigenvalue weighted by Crippen LogP contribution is 2.34. The average Bonchev–Trinajstić information content (AvgIpc) is 2.83. The first-order valence-electron chi connectivity index (χ1n) is 11.7. The number of benzene rings is 2. The second-order valence-corrected chi connectivity index (χ2v) is 9.89. The molecule has 2 atom stereocenters. The van der Waals surface area contributed by atoms with Crippen LogP contribution in [0, 0.1) is 25.0 Å². The number of halogens is 2. The minimum absolute atomic E-state index is 0.0151. The number of carbonyl (C=O) groups excluding carboxylic acids is 2. The summed E-state index contributed by atoms with van der Waals surface area (Å²) < 4.78 is 11.1. The van der Waals surface area contributed by atoms with Gasteiger partial charge in [-0.25, -0.2) is 0 Å². The summed E-state index contributed by atoms with van der Waals surface area (Å²) in [5.41, 5.74) is 3.09. The summed E-state index contributed by atoms with van der Waals surface area (Å²) in [7, 11) is 1.31. The van der Waals surface area contributed by atoms with Crippen LogP contribution in [0.15, 0.2) is 48.7 Å². The number of ether oxygens (including phenoxy) is 2. The summed E-state index contributed by atoms with van der Waals surface area (Å²) in [4.78, 5) is 25.8. The normalized spacial score (nSPS) is 12.8. The average molecular weight is 546 g/mol. The van der Waals surface area contributed by atoms with Crippen LogP contribution in [0.4, 0.5) is 0 Å². The molecule has 0 spiro atoms. The summed E-state index contributed by atoms with van der Waals surface area (Å²) in [6, 6.07) is 12.5. The van der Waals surface area contributed by atoms with Gasteiger partial charge in [-0.1, -0.05) is 54.4 Å². The van der Waals surface area contributed by atoms with E-state index in [0.29, 0.717) is 10.0 Å². The van der Waals surface area contributed by atoms with E-state index in [9.17, 15) is 19.9 Å². The van der Waals surface area contributed by atoms with Gasteiger partial charge in [0.05, 0.1) is 13.0 Å². The maximum Gasteiger partial charge on any atom is 0.309 e. The van der Waals surface area contributed by atoms with Gasteiger partial charge < -0.3 is 19.8 Å². The molecule has 0 unspecified atom stereocenters. The molecule has 0 radical (unpaired) electrons. The quantitative estimate of drug-likeness (QED) is 0.155. The van der Waals surface area contributed by atoms with Crippen molar-refractivity contribution in [3.05, 3.63) is 91.9 Å². The van der Waals surface area contributed by atoms with Crippen LogP contribution < -0.4 is 9.47 Å². The molecular formula is C28H29Cl2NO6. The fourth-order valence-electron chi connectivity index (χ4n) is 4.21. The number of hydrogen-bond acceptors (Lipinski definition) is 6. The van der Waals surface area contributed by atoms with Crippen LogP contribution in [0.3, 0.4) is 0 Å². The van der Waals surface area contributed by atoms with Gasteiger partial charge in [0.15, 0.2) is 11.9 Å². The number of nitrogens with zero attached hydrogens (tertiary/aromatic N) is 1. The molecule has 0 fully saturated rings. The largest absolute Gasteiger partial charge is 0.618 e. The van der Waals surface area contributed by atoms with Crippen molar-refractivity contribution in [1.82, 2.24) is 0 Å². The Hall–Kier alpha value is -3.29. The number of carbonyl (C=O) groups is 2. The third-order valence-corrected chi connectivity index (χ3v) is 7.12. The van der Waals surface area contributed by atoms with Crippen molar-refractivity contribution in [3.8, 4) is 11.5 Å². The second kappa shape index (κ2) is 11.8. The summed E-state index contributed by atoms with van der Waals surface area (Å²) in [5.74, 6) is -3.11. The summed E-state index contributed by atoms with van der Waals surface area (Å²) in [6.45, 7) is 7.12. The van der Waals surface area contributed by atoms with Crippen molar-refractivity contribution in [2.24, 2.45) is 5.92 Å². The van der Waals surface area contributed by atoms with Crippen LogP contribution in [-0.2, 0) is 9.53 Å². The number of aryl methyl sites for hydroxylation is 2. The van der Waals surface area contributed by atoms with Gasteiger partial charge in [-0.2, -0.15) is 4.73 Å². The fourth-order valence-corrected chi connectivity index (χ4v) is 4.45. The number of hydrogen-bond donors (Lipinski definition) is 1. The lowest BCUT2D eigenvalue weighted by molar-refractivity contribution is -0.608. The van der Waals surface area contributed by atoms with Crippen LogP contribution in [0.1, 0.15) is 58.9 Å². The molecule has 1 heterocycles. The number of esters is 1. The Labute approximate surface area is 226 Å². The van der Waals surface area contributed by atoms with Crippen molar-refractivity contribution >= 4 is 35.0 Å². The third kappa shape index (κ3) is 6.35. The lowest BCUT2D eigenvalue weighted by Gasteiger charge is -2.27. The molecule has 0 aliphatic heterocycles. The third-order valence-electron chi connectivity index (χ3n) is 6.27. The Balaban J connectivity index is 1.84. The van der Waals surface area contributed by atoms with E-state index >= 15 is 0 Å². The van der Waals surface area contributed by atoms with E-state index in [1.54, 1.807) is 19.1 Å². The molecule has 0 saturated carbocycles. The molecule has 9 heteroatoms. The van der Waals surface area contributed by atoms with Crippen molar-refractivity contribution in [2.45, 2.75) is 46.1 Å². The van der Waals surface area contributed by atoms with Gasteiger partial charge in [0.25, 0.3) is 0 Å². The highest BCUT2D eigenvalue weighted by Gasteiger charge is 2.32. The SMILES string of the molecule is COc1cc[n+]([O-])c(C(=O)C[C@@H](C)C(=O)O[C@@H](C)C(c2ccc(Cl)c(C)c2)c2ccc(Cl)c(C)c2)c1O. The van der Waals surface area contributed by atoms with Gasteiger partial charge >= 0.3 is 11.7 Å². The first-order chi connectivity index (χ1) is 17.4. The minimum atomic E-state index is -0.875. The van der Waals surface area contributed by atoms with E-state index in [0.717, 1.165) is 28.5 Å². The van der Waals surface area contributed by atoms with E-state index in [1.807, 2.05) is 38.1 Å². The molecule has 0 aliphatic carbocycles. The van der Waals surface area contributed by atoms with E-state index in [4.69, 9.17) is 32.7 Å². The summed E-state index contributed by atoms with van der Waals surface area (Å²) >= 11 is 12.5. The molecular weight excluding hydrogens is 517 g/mol. The highest BCUT2D eigenvalue weighted by atomic mass is 35.5. The Morgan fingerprint density at radius 3 is 2.03 bits per heavy atom. The second-order valence-electron chi connectivity index (χ2n) is 9.07.